The third-order valence-corrected chi connectivity index (χ3v) is 5.87. The van der Waals surface area contributed by atoms with E-state index in [4.69, 9.17) is 5.73 Å². The molecule has 128 valence electrons. The summed E-state index contributed by atoms with van der Waals surface area (Å²) < 4.78 is 0. The Morgan fingerprint density at radius 3 is 2.88 bits per heavy atom. The molecule has 2 heterocycles. The minimum Gasteiger partial charge on any atom is -0.338 e. The first-order chi connectivity index (χ1) is 11.5. The SMILES string of the molecule is Cc1nc(Cc2ccccc2)sc1C(=O)N1CCCC(C(C)N)C1. The second-order valence-corrected chi connectivity index (χ2v) is 7.78. The summed E-state index contributed by atoms with van der Waals surface area (Å²) in [6, 6.07) is 10.4. The number of aryl methyl sites for hydroxylation is 1. The summed E-state index contributed by atoms with van der Waals surface area (Å²) >= 11 is 1.53. The fraction of sp³-hybridized carbons (Fsp3) is 0.474. The van der Waals surface area contributed by atoms with Crippen LogP contribution in [0.4, 0.5) is 0 Å². The maximum Gasteiger partial charge on any atom is 0.265 e. The lowest BCUT2D eigenvalue weighted by molar-refractivity contribution is 0.0665. The lowest BCUT2D eigenvalue weighted by atomic mass is 9.92. The molecule has 2 N–H and O–H groups in total. The van der Waals surface area contributed by atoms with E-state index >= 15 is 0 Å². The van der Waals surface area contributed by atoms with Crippen LogP contribution in [0.25, 0.3) is 0 Å². The number of nitrogens with two attached hydrogens (primary N) is 1. The largest absolute Gasteiger partial charge is 0.338 e. The van der Waals surface area contributed by atoms with Gasteiger partial charge < -0.3 is 10.6 Å². The van der Waals surface area contributed by atoms with Crippen LogP contribution in [0, 0.1) is 12.8 Å². The molecular weight excluding hydrogens is 318 g/mol. The van der Waals surface area contributed by atoms with Gasteiger partial charge in [-0.15, -0.1) is 11.3 Å². The van der Waals surface area contributed by atoms with Gasteiger partial charge in [0.1, 0.15) is 4.88 Å². The maximum atomic E-state index is 12.9. The number of hydrogen-bond donors (Lipinski definition) is 1. The molecule has 0 saturated carbocycles. The van der Waals surface area contributed by atoms with Crippen LogP contribution in [0.2, 0.25) is 0 Å². The number of rotatable bonds is 4. The van der Waals surface area contributed by atoms with Gasteiger partial charge >= 0.3 is 0 Å². The summed E-state index contributed by atoms with van der Waals surface area (Å²) in [7, 11) is 0. The molecule has 0 radical (unpaired) electrons. The average Bonchev–Trinajstić information content (AvgIpc) is 2.95. The van der Waals surface area contributed by atoms with Gasteiger partial charge in [-0.3, -0.25) is 4.79 Å². The van der Waals surface area contributed by atoms with Gasteiger partial charge in [0.25, 0.3) is 5.91 Å². The van der Waals surface area contributed by atoms with Crippen LogP contribution in [0.15, 0.2) is 30.3 Å². The van der Waals surface area contributed by atoms with Crippen molar-refractivity contribution in [1.82, 2.24) is 9.88 Å². The zero-order valence-electron chi connectivity index (χ0n) is 14.4. The Morgan fingerprint density at radius 2 is 2.17 bits per heavy atom. The van der Waals surface area contributed by atoms with Crippen LogP contribution in [0.3, 0.4) is 0 Å². The minimum absolute atomic E-state index is 0.120. The lowest BCUT2D eigenvalue weighted by Crippen LogP contribution is -2.45. The summed E-state index contributed by atoms with van der Waals surface area (Å²) in [6.07, 6.45) is 2.93. The van der Waals surface area contributed by atoms with E-state index in [0.29, 0.717) is 5.92 Å². The van der Waals surface area contributed by atoms with Crippen LogP contribution in [-0.4, -0.2) is 34.9 Å². The van der Waals surface area contributed by atoms with Crippen molar-refractivity contribution >= 4 is 17.2 Å². The number of carbonyl (C=O) groups excluding carboxylic acids is 1. The molecule has 0 bridgehead atoms. The monoisotopic (exact) mass is 343 g/mol. The van der Waals surface area contributed by atoms with Crippen LogP contribution in [0.5, 0.6) is 0 Å². The number of hydrogen-bond acceptors (Lipinski definition) is 4. The summed E-state index contributed by atoms with van der Waals surface area (Å²) in [5.41, 5.74) is 8.11. The Kier molecular flexibility index (Phi) is 5.31. The number of piperidine rings is 1. The second-order valence-electron chi connectivity index (χ2n) is 6.70. The van der Waals surface area contributed by atoms with E-state index in [1.165, 1.54) is 16.9 Å². The molecule has 1 aromatic heterocycles. The van der Waals surface area contributed by atoms with Crippen molar-refractivity contribution in [2.24, 2.45) is 11.7 Å². The molecular formula is C19H25N3OS. The number of nitrogens with zero attached hydrogens (tertiary/aromatic N) is 2. The Bertz CT molecular complexity index is 696. The van der Waals surface area contributed by atoms with E-state index in [0.717, 1.165) is 47.9 Å². The van der Waals surface area contributed by atoms with Gasteiger partial charge in [0.05, 0.1) is 10.7 Å². The number of aromatic nitrogens is 1. The first-order valence-corrected chi connectivity index (χ1v) is 9.41. The van der Waals surface area contributed by atoms with E-state index in [-0.39, 0.29) is 11.9 Å². The Labute approximate surface area is 147 Å². The van der Waals surface area contributed by atoms with E-state index in [1.54, 1.807) is 0 Å². The molecule has 2 aromatic rings. The highest BCUT2D eigenvalue weighted by Crippen LogP contribution is 2.26. The third-order valence-electron chi connectivity index (χ3n) is 4.72. The topological polar surface area (TPSA) is 59.2 Å². The molecule has 1 fully saturated rings. The molecule has 5 heteroatoms. The number of carbonyl (C=O) groups is 1. The van der Waals surface area contributed by atoms with Gasteiger partial charge in [0, 0.05) is 25.6 Å². The van der Waals surface area contributed by atoms with Crippen molar-refractivity contribution in [1.29, 1.82) is 0 Å². The molecule has 2 unspecified atom stereocenters. The van der Waals surface area contributed by atoms with Gasteiger partial charge in [-0.25, -0.2) is 4.98 Å². The quantitative estimate of drug-likeness (QED) is 0.927. The summed E-state index contributed by atoms with van der Waals surface area (Å²) in [5.74, 6) is 0.523. The summed E-state index contributed by atoms with van der Waals surface area (Å²) in [5, 5.41) is 1.00. The maximum absolute atomic E-state index is 12.9. The standard InChI is InChI=1S/C19H25N3OS/c1-13(20)16-9-6-10-22(12-16)19(23)18-14(2)21-17(24-18)11-15-7-4-3-5-8-15/h3-5,7-8,13,16H,6,9-12,20H2,1-2H3. The van der Waals surface area contributed by atoms with Gasteiger partial charge in [-0.2, -0.15) is 0 Å². The highest BCUT2D eigenvalue weighted by atomic mass is 32.1. The van der Waals surface area contributed by atoms with E-state index < -0.39 is 0 Å². The smallest absolute Gasteiger partial charge is 0.265 e. The number of thiazole rings is 1. The van der Waals surface area contributed by atoms with Crippen molar-refractivity contribution < 1.29 is 4.79 Å². The zero-order chi connectivity index (χ0) is 17.1. The fourth-order valence-electron chi connectivity index (χ4n) is 3.26. The highest BCUT2D eigenvalue weighted by Gasteiger charge is 2.28. The van der Waals surface area contributed by atoms with E-state index in [9.17, 15) is 4.79 Å². The number of amides is 1. The Balaban J connectivity index is 1.73. The van der Waals surface area contributed by atoms with Crippen LogP contribution in [-0.2, 0) is 6.42 Å². The van der Waals surface area contributed by atoms with E-state index in [1.807, 2.05) is 36.9 Å². The fourth-order valence-corrected chi connectivity index (χ4v) is 4.33. The van der Waals surface area contributed by atoms with Gasteiger partial charge in [0.15, 0.2) is 0 Å². The Hall–Kier alpha value is -1.72. The number of likely N-dealkylation sites (tertiary alicyclic amines) is 1. The van der Waals surface area contributed by atoms with Crippen molar-refractivity contribution in [3.05, 3.63) is 51.5 Å². The normalized spacial score (nSPS) is 19.3. The molecule has 1 aromatic carbocycles. The summed E-state index contributed by atoms with van der Waals surface area (Å²) in [4.78, 5) is 20.3. The van der Waals surface area contributed by atoms with Gasteiger partial charge in [0.2, 0.25) is 0 Å². The van der Waals surface area contributed by atoms with Crippen molar-refractivity contribution in [3.8, 4) is 0 Å². The summed E-state index contributed by atoms with van der Waals surface area (Å²) in [6.45, 7) is 5.56. The molecule has 0 aliphatic carbocycles. The molecule has 24 heavy (non-hydrogen) atoms. The first-order valence-electron chi connectivity index (χ1n) is 8.59. The third kappa shape index (κ3) is 3.84. The lowest BCUT2D eigenvalue weighted by Gasteiger charge is -2.34. The molecule has 1 saturated heterocycles. The predicted octanol–water partition coefficient (Wildman–Crippen LogP) is 3.24. The molecule has 0 spiro atoms. The first kappa shape index (κ1) is 17.1. The average molecular weight is 343 g/mol. The van der Waals surface area contributed by atoms with E-state index in [2.05, 4.69) is 17.1 Å². The molecule has 3 rings (SSSR count). The van der Waals surface area contributed by atoms with Gasteiger partial charge in [-0.05, 0) is 38.2 Å². The second kappa shape index (κ2) is 7.45. The zero-order valence-corrected chi connectivity index (χ0v) is 15.2. The van der Waals surface area contributed by atoms with Crippen molar-refractivity contribution in [3.63, 3.8) is 0 Å². The molecule has 1 aliphatic rings. The Morgan fingerprint density at radius 1 is 1.42 bits per heavy atom. The van der Waals surface area contributed by atoms with Crippen molar-refractivity contribution in [2.45, 2.75) is 39.2 Å². The van der Waals surface area contributed by atoms with Crippen LogP contribution in [0.1, 0.15) is 45.7 Å². The molecule has 4 nitrogen and oxygen atoms in total. The van der Waals surface area contributed by atoms with Crippen molar-refractivity contribution in [2.75, 3.05) is 13.1 Å². The molecule has 1 aliphatic heterocycles. The highest BCUT2D eigenvalue weighted by molar-refractivity contribution is 7.13. The number of benzene rings is 1. The van der Waals surface area contributed by atoms with Gasteiger partial charge in [-0.1, -0.05) is 30.3 Å². The van der Waals surface area contributed by atoms with Crippen LogP contribution >= 0.6 is 11.3 Å². The minimum atomic E-state index is 0.120. The predicted molar refractivity (Wildman–Crippen MR) is 98.4 cm³/mol. The molecule has 1 amide bonds. The molecule has 2 atom stereocenters. The van der Waals surface area contributed by atoms with Crippen LogP contribution < -0.4 is 5.73 Å².